The van der Waals surface area contributed by atoms with Gasteiger partial charge in [0.2, 0.25) is 11.8 Å². The van der Waals surface area contributed by atoms with Crippen LogP contribution >= 0.6 is 12.4 Å². The second kappa shape index (κ2) is 11.7. The summed E-state index contributed by atoms with van der Waals surface area (Å²) in [6.07, 6.45) is 0.0516. The number of imide groups is 2. The van der Waals surface area contributed by atoms with Gasteiger partial charge in [0, 0.05) is 17.8 Å². The van der Waals surface area contributed by atoms with Crippen LogP contribution in [0.4, 0.5) is 22.7 Å². The molecule has 12 nitrogen and oxygen atoms in total. The number of amides is 5. The van der Waals surface area contributed by atoms with Crippen molar-refractivity contribution in [2.45, 2.75) is 18.9 Å². The highest BCUT2D eigenvalue weighted by Gasteiger charge is 2.46. The number of piperidine rings is 1. The number of hydrogen-bond donors (Lipinski definition) is 3. The Bertz CT molecular complexity index is 1520. The smallest absolute Gasteiger partial charge is 0.266 e. The van der Waals surface area contributed by atoms with Gasteiger partial charge in [-0.05, 0) is 67.1 Å². The first kappa shape index (κ1) is 27.9. The van der Waals surface area contributed by atoms with Gasteiger partial charge in [-0.1, -0.05) is 6.07 Å². The summed E-state index contributed by atoms with van der Waals surface area (Å²) in [6.45, 7) is -0.436. The third-order valence-electron chi connectivity index (χ3n) is 6.11. The third-order valence-corrected chi connectivity index (χ3v) is 6.11. The zero-order chi connectivity index (χ0) is 27.5. The van der Waals surface area contributed by atoms with Crippen molar-refractivity contribution < 1.29 is 28.7 Å². The number of benzene rings is 3. The molecule has 4 N–H and O–H groups in total. The summed E-state index contributed by atoms with van der Waals surface area (Å²) in [5, 5.41) is 13.1. The molecule has 5 rings (SSSR count). The maximum Gasteiger partial charge on any atom is 0.266 e. The van der Waals surface area contributed by atoms with E-state index in [0.29, 0.717) is 22.7 Å². The van der Waals surface area contributed by atoms with Gasteiger partial charge in [-0.3, -0.25) is 34.2 Å². The van der Waals surface area contributed by atoms with E-state index in [4.69, 9.17) is 10.5 Å². The lowest BCUT2D eigenvalue weighted by molar-refractivity contribution is -0.136. The lowest BCUT2D eigenvalue weighted by atomic mass is 10.0. The van der Waals surface area contributed by atoms with Crippen LogP contribution in [0.5, 0.6) is 5.75 Å². The van der Waals surface area contributed by atoms with E-state index in [1.54, 1.807) is 48.5 Å². The van der Waals surface area contributed by atoms with Crippen LogP contribution in [0.3, 0.4) is 0 Å². The SMILES string of the molecule is Cl.Nc1ccc(N=Nc2ccc(NC(=O)COc3cccc4c3C(=O)N(C3CCC(=O)NC3=O)C4=O)cc2)cc1. The van der Waals surface area contributed by atoms with E-state index < -0.39 is 42.2 Å². The summed E-state index contributed by atoms with van der Waals surface area (Å²) in [6, 6.07) is 16.9. The normalized spacial score (nSPS) is 16.4. The van der Waals surface area contributed by atoms with Crippen molar-refractivity contribution in [3.63, 3.8) is 0 Å². The summed E-state index contributed by atoms with van der Waals surface area (Å²) in [5.74, 6) is -3.01. The second-order valence-corrected chi connectivity index (χ2v) is 8.80. The number of nitrogen functional groups attached to an aromatic ring is 1. The standard InChI is InChI=1S/C27H22N6O6.ClH/c28-15-4-6-17(7-5-15)31-32-18-10-8-16(9-11-18)29-23(35)14-39-21-3-1-2-19-24(21)27(38)33(26(19)37)20-12-13-22(34)30-25(20)36;/h1-11,20H,12-14,28H2,(H,29,35)(H,30,34,36);1H. The van der Waals surface area contributed by atoms with E-state index >= 15 is 0 Å². The average Bonchev–Trinajstić information content (AvgIpc) is 3.18. The minimum absolute atomic E-state index is 0. The van der Waals surface area contributed by atoms with Crippen LogP contribution in [0.1, 0.15) is 33.6 Å². The number of nitrogens with two attached hydrogens (primary N) is 1. The quantitative estimate of drug-likeness (QED) is 0.224. The molecule has 3 aromatic rings. The minimum atomic E-state index is -1.10. The van der Waals surface area contributed by atoms with Crippen molar-refractivity contribution in [3.05, 3.63) is 77.9 Å². The maximum atomic E-state index is 13.1. The van der Waals surface area contributed by atoms with Crippen molar-refractivity contribution in [1.82, 2.24) is 10.2 Å². The lowest BCUT2D eigenvalue weighted by Crippen LogP contribution is -2.54. The molecule has 2 heterocycles. The van der Waals surface area contributed by atoms with Gasteiger partial charge in [-0.15, -0.1) is 12.4 Å². The predicted molar refractivity (Wildman–Crippen MR) is 146 cm³/mol. The number of halogens is 1. The molecule has 1 fully saturated rings. The van der Waals surface area contributed by atoms with Gasteiger partial charge in [0.05, 0.1) is 22.5 Å². The topological polar surface area (TPSA) is 173 Å². The molecule has 0 bridgehead atoms. The van der Waals surface area contributed by atoms with Crippen molar-refractivity contribution in [3.8, 4) is 5.75 Å². The highest BCUT2D eigenvalue weighted by Crippen LogP contribution is 2.33. The number of rotatable bonds is 7. The van der Waals surface area contributed by atoms with Gasteiger partial charge >= 0.3 is 0 Å². The fourth-order valence-corrected chi connectivity index (χ4v) is 4.21. The Hall–Kier alpha value is -5.10. The highest BCUT2D eigenvalue weighted by atomic mass is 35.5. The number of fused-ring (bicyclic) bond motifs is 1. The van der Waals surface area contributed by atoms with Gasteiger partial charge in [-0.2, -0.15) is 10.2 Å². The Morgan fingerprint density at radius 2 is 1.60 bits per heavy atom. The number of ether oxygens (including phenoxy) is 1. The van der Waals surface area contributed by atoms with Gasteiger partial charge in [0.15, 0.2) is 6.61 Å². The monoisotopic (exact) mass is 562 g/mol. The zero-order valence-electron chi connectivity index (χ0n) is 20.8. The molecular formula is C27H23ClN6O6. The molecule has 2 aliphatic rings. The number of nitrogens with zero attached hydrogens (tertiary/aromatic N) is 3. The molecule has 40 heavy (non-hydrogen) atoms. The first-order valence-corrected chi connectivity index (χ1v) is 11.9. The van der Waals surface area contributed by atoms with Crippen LogP contribution < -0.4 is 21.1 Å². The first-order valence-electron chi connectivity index (χ1n) is 11.9. The summed E-state index contributed by atoms with van der Waals surface area (Å²) in [4.78, 5) is 63.1. The fraction of sp³-hybridized carbons (Fsp3) is 0.148. The average molecular weight is 563 g/mol. The van der Waals surface area contributed by atoms with Crippen LogP contribution in [-0.2, 0) is 14.4 Å². The molecule has 5 amide bonds. The summed E-state index contributed by atoms with van der Waals surface area (Å²) < 4.78 is 5.59. The highest BCUT2D eigenvalue weighted by molar-refractivity contribution is 6.24. The Kier molecular flexibility index (Phi) is 8.20. The van der Waals surface area contributed by atoms with Crippen LogP contribution in [0.15, 0.2) is 77.0 Å². The van der Waals surface area contributed by atoms with Crippen molar-refractivity contribution in [1.29, 1.82) is 0 Å². The second-order valence-electron chi connectivity index (χ2n) is 8.80. The summed E-state index contributed by atoms with van der Waals surface area (Å²) >= 11 is 0. The lowest BCUT2D eigenvalue weighted by Gasteiger charge is -2.27. The van der Waals surface area contributed by atoms with E-state index in [1.165, 1.54) is 18.2 Å². The van der Waals surface area contributed by atoms with Crippen molar-refractivity contribution in [2.75, 3.05) is 17.7 Å². The van der Waals surface area contributed by atoms with Crippen LogP contribution in [0.2, 0.25) is 0 Å². The molecule has 204 valence electrons. The number of hydrogen-bond acceptors (Lipinski definition) is 9. The number of nitrogens with one attached hydrogen (secondary N) is 2. The molecule has 1 saturated heterocycles. The van der Waals surface area contributed by atoms with E-state index in [9.17, 15) is 24.0 Å². The fourth-order valence-electron chi connectivity index (χ4n) is 4.21. The molecule has 0 saturated carbocycles. The first-order chi connectivity index (χ1) is 18.8. The molecule has 2 aliphatic heterocycles. The van der Waals surface area contributed by atoms with E-state index in [1.807, 2.05) is 0 Å². The Labute approximate surface area is 234 Å². The van der Waals surface area contributed by atoms with Gasteiger partial charge in [0.25, 0.3) is 17.7 Å². The molecule has 0 aromatic heterocycles. The minimum Gasteiger partial charge on any atom is -0.483 e. The Morgan fingerprint density at radius 1 is 0.950 bits per heavy atom. The Balaban J connectivity index is 0.00000370. The number of carbonyl (C=O) groups excluding carboxylic acids is 5. The van der Waals surface area contributed by atoms with Crippen LogP contribution in [-0.4, -0.2) is 47.1 Å². The summed E-state index contributed by atoms with van der Waals surface area (Å²) in [5.41, 5.74) is 8.02. The molecule has 1 unspecified atom stereocenters. The number of carbonyl (C=O) groups is 5. The summed E-state index contributed by atoms with van der Waals surface area (Å²) in [7, 11) is 0. The van der Waals surface area contributed by atoms with Gasteiger partial charge < -0.3 is 15.8 Å². The molecule has 0 radical (unpaired) electrons. The Morgan fingerprint density at radius 3 is 2.25 bits per heavy atom. The number of azo groups is 1. The molecule has 3 aromatic carbocycles. The van der Waals surface area contributed by atoms with E-state index in [2.05, 4.69) is 20.9 Å². The van der Waals surface area contributed by atoms with Gasteiger partial charge in [-0.25, -0.2) is 0 Å². The van der Waals surface area contributed by atoms with Crippen LogP contribution in [0.25, 0.3) is 0 Å². The molecule has 1 atom stereocenters. The van der Waals surface area contributed by atoms with Crippen molar-refractivity contribution in [2.24, 2.45) is 10.2 Å². The molecule has 0 spiro atoms. The molecular weight excluding hydrogens is 540 g/mol. The van der Waals surface area contributed by atoms with E-state index in [0.717, 1.165) is 4.90 Å². The van der Waals surface area contributed by atoms with Crippen LogP contribution in [0, 0.1) is 0 Å². The largest absolute Gasteiger partial charge is 0.483 e. The van der Waals surface area contributed by atoms with Gasteiger partial charge in [0.1, 0.15) is 11.8 Å². The molecule has 0 aliphatic carbocycles. The predicted octanol–water partition coefficient (Wildman–Crippen LogP) is 3.52. The maximum absolute atomic E-state index is 13.1. The zero-order valence-corrected chi connectivity index (χ0v) is 21.6. The molecule has 13 heteroatoms. The van der Waals surface area contributed by atoms with E-state index in [-0.39, 0.29) is 42.1 Å². The third kappa shape index (κ3) is 5.81. The van der Waals surface area contributed by atoms with Crippen molar-refractivity contribution >= 4 is 64.7 Å². The number of anilines is 2.